The first-order valence-corrected chi connectivity index (χ1v) is 7.41. The van der Waals surface area contributed by atoms with Crippen LogP contribution in [0.15, 0.2) is 24.5 Å². The lowest BCUT2D eigenvalue weighted by Crippen LogP contribution is -2.47. The molecule has 0 unspecified atom stereocenters. The van der Waals surface area contributed by atoms with Gasteiger partial charge in [0.2, 0.25) is 12.3 Å². The Labute approximate surface area is 129 Å². The molecule has 6 nitrogen and oxygen atoms in total. The number of nitrogens with two attached hydrogens (primary N) is 1. The fraction of sp³-hybridized carbons (Fsp3) is 0.500. The minimum Gasteiger partial charge on any atom is -0.451 e. The Morgan fingerprint density at radius 2 is 2.23 bits per heavy atom. The lowest BCUT2D eigenvalue weighted by molar-refractivity contribution is -0.684. The van der Waals surface area contributed by atoms with E-state index in [-0.39, 0.29) is 24.2 Å². The largest absolute Gasteiger partial charge is 0.451 e. The number of cyclic esters (lactones) is 1. The fourth-order valence-corrected chi connectivity index (χ4v) is 2.74. The van der Waals surface area contributed by atoms with E-state index in [0.717, 1.165) is 12.8 Å². The summed E-state index contributed by atoms with van der Waals surface area (Å²) in [7, 11) is 0. The average Bonchev–Trinajstić information content (AvgIpc) is 2.75. The van der Waals surface area contributed by atoms with Crippen LogP contribution in [0.25, 0.3) is 0 Å². The molecule has 0 aliphatic carbocycles. The maximum atomic E-state index is 12.5. The number of hydrogen-bond acceptors (Lipinski definition) is 4. The predicted molar refractivity (Wildman–Crippen MR) is 77.7 cm³/mol. The van der Waals surface area contributed by atoms with Crippen LogP contribution in [0.2, 0.25) is 0 Å². The molecule has 0 bridgehead atoms. The van der Waals surface area contributed by atoms with Crippen molar-refractivity contribution in [3.8, 4) is 0 Å². The molecule has 1 aliphatic heterocycles. The molecule has 1 saturated heterocycles. The van der Waals surface area contributed by atoms with Crippen LogP contribution in [-0.4, -0.2) is 23.3 Å². The van der Waals surface area contributed by atoms with Crippen molar-refractivity contribution in [1.82, 2.24) is 0 Å². The summed E-state index contributed by atoms with van der Waals surface area (Å²) in [5.74, 6) is -1.25. The minimum absolute atomic E-state index is 0.0315. The maximum Gasteiger partial charge on any atom is 0.310 e. The van der Waals surface area contributed by atoms with Crippen molar-refractivity contribution >= 4 is 17.7 Å². The second kappa shape index (κ2) is 6.25. The van der Waals surface area contributed by atoms with Crippen molar-refractivity contribution in [1.29, 1.82) is 0 Å². The van der Waals surface area contributed by atoms with Gasteiger partial charge in [0.1, 0.15) is 5.56 Å². The monoisotopic (exact) mass is 305 g/mol. The van der Waals surface area contributed by atoms with Gasteiger partial charge in [-0.15, -0.1) is 0 Å². The molecule has 0 radical (unpaired) electrons. The number of ether oxygens (including phenoxy) is 1. The quantitative estimate of drug-likeness (QED) is 0.620. The smallest absolute Gasteiger partial charge is 0.310 e. The summed E-state index contributed by atoms with van der Waals surface area (Å²) in [4.78, 5) is 35.5. The summed E-state index contributed by atoms with van der Waals surface area (Å²) in [5.41, 5.74) is 4.46. The predicted octanol–water partition coefficient (Wildman–Crippen LogP) is 0.764. The highest BCUT2D eigenvalue weighted by Gasteiger charge is 2.48. The number of carbonyl (C=O) groups is 3. The zero-order chi connectivity index (χ0) is 16.3. The van der Waals surface area contributed by atoms with Crippen LogP contribution in [0, 0.1) is 5.92 Å². The van der Waals surface area contributed by atoms with Gasteiger partial charge in [0, 0.05) is 12.5 Å². The molecular formula is C16H21N2O4+. The molecule has 6 heteroatoms. The minimum atomic E-state index is -1.09. The lowest BCUT2D eigenvalue weighted by Gasteiger charge is -2.19. The van der Waals surface area contributed by atoms with E-state index >= 15 is 0 Å². The first kappa shape index (κ1) is 16.1. The molecule has 0 spiro atoms. The van der Waals surface area contributed by atoms with Gasteiger partial charge in [0.05, 0.1) is 5.92 Å². The van der Waals surface area contributed by atoms with Gasteiger partial charge in [0.15, 0.2) is 18.0 Å². The van der Waals surface area contributed by atoms with Gasteiger partial charge >= 0.3 is 5.97 Å². The van der Waals surface area contributed by atoms with Crippen LogP contribution in [0.1, 0.15) is 43.5 Å². The number of esters is 1. The maximum absolute atomic E-state index is 12.5. The number of carbonyl (C=O) groups excluding carboxylic acids is 3. The van der Waals surface area contributed by atoms with E-state index in [2.05, 4.69) is 0 Å². The number of rotatable bonds is 6. The molecule has 1 aromatic heterocycles. The molecule has 0 saturated carbocycles. The van der Waals surface area contributed by atoms with E-state index in [4.69, 9.17) is 10.5 Å². The first-order valence-electron chi connectivity index (χ1n) is 7.41. The Morgan fingerprint density at radius 3 is 2.86 bits per heavy atom. The van der Waals surface area contributed by atoms with E-state index in [1.54, 1.807) is 29.8 Å². The molecule has 22 heavy (non-hydrogen) atoms. The Hall–Kier alpha value is -2.24. The van der Waals surface area contributed by atoms with Gasteiger partial charge in [-0.05, 0) is 19.4 Å². The van der Waals surface area contributed by atoms with Gasteiger partial charge in [-0.1, -0.05) is 13.3 Å². The molecule has 2 rings (SSSR count). The zero-order valence-corrected chi connectivity index (χ0v) is 12.9. The number of aromatic nitrogens is 1. The van der Waals surface area contributed by atoms with Crippen LogP contribution >= 0.6 is 0 Å². The van der Waals surface area contributed by atoms with E-state index < -0.39 is 11.5 Å². The molecule has 118 valence electrons. The van der Waals surface area contributed by atoms with E-state index in [1.165, 1.54) is 6.20 Å². The molecular weight excluding hydrogens is 284 g/mol. The molecule has 1 amide bonds. The number of nitrogens with zero attached hydrogens (tertiary/aromatic N) is 1. The number of Topliss-reactive ketones (excluding diaryl/α,β-unsaturated/α-hetero) is 1. The van der Waals surface area contributed by atoms with Crippen molar-refractivity contribution < 1.29 is 23.7 Å². The van der Waals surface area contributed by atoms with Crippen molar-refractivity contribution in [3.63, 3.8) is 0 Å². The summed E-state index contributed by atoms with van der Waals surface area (Å²) >= 11 is 0. The van der Waals surface area contributed by atoms with Gasteiger partial charge in [0.25, 0.3) is 5.91 Å². The van der Waals surface area contributed by atoms with Gasteiger partial charge in [-0.25, -0.2) is 0 Å². The third kappa shape index (κ3) is 3.32. The fourth-order valence-electron chi connectivity index (χ4n) is 2.74. The van der Waals surface area contributed by atoms with Crippen LogP contribution in [0.5, 0.6) is 0 Å². The molecule has 1 aromatic rings. The first-order chi connectivity index (χ1) is 10.4. The number of amides is 1. The van der Waals surface area contributed by atoms with Crippen LogP contribution in [0.3, 0.4) is 0 Å². The van der Waals surface area contributed by atoms with Gasteiger partial charge < -0.3 is 10.5 Å². The standard InChI is InChI=1S/C16H20N2O4/c1-3-5-11-8-16(2,22-15(11)21)13(19)10-18-7-4-6-12(9-18)14(17)20/h4,6-7,9,11H,3,5,8,10H2,1-2H3,(H-,17,20)/p+1/t11-,16+/m0/s1. The summed E-state index contributed by atoms with van der Waals surface area (Å²) in [5, 5.41) is 0. The van der Waals surface area contributed by atoms with E-state index in [0.29, 0.717) is 12.0 Å². The number of ketones is 1. The highest BCUT2D eigenvalue weighted by Crippen LogP contribution is 2.34. The molecule has 0 aromatic carbocycles. The van der Waals surface area contributed by atoms with Gasteiger partial charge in [-0.2, -0.15) is 4.57 Å². The second-order valence-electron chi connectivity index (χ2n) is 5.89. The number of hydrogen-bond donors (Lipinski definition) is 1. The average molecular weight is 305 g/mol. The van der Waals surface area contributed by atoms with Crippen molar-refractivity contribution in [2.24, 2.45) is 11.7 Å². The second-order valence-corrected chi connectivity index (χ2v) is 5.89. The summed E-state index contributed by atoms with van der Waals surface area (Å²) in [6.45, 7) is 3.68. The van der Waals surface area contributed by atoms with Crippen LogP contribution in [-0.2, 0) is 20.9 Å². The third-order valence-corrected chi connectivity index (χ3v) is 3.99. The Kier molecular flexibility index (Phi) is 4.59. The third-order valence-electron chi connectivity index (χ3n) is 3.99. The lowest BCUT2D eigenvalue weighted by atomic mass is 9.89. The molecule has 2 N–H and O–H groups in total. The normalized spacial score (nSPS) is 24.1. The van der Waals surface area contributed by atoms with Crippen LogP contribution < -0.4 is 10.3 Å². The number of pyridine rings is 1. The van der Waals surface area contributed by atoms with E-state index in [9.17, 15) is 14.4 Å². The summed E-state index contributed by atoms with van der Waals surface area (Å²) < 4.78 is 6.91. The number of primary amides is 1. The molecule has 1 aliphatic rings. The van der Waals surface area contributed by atoms with Crippen LogP contribution in [0.4, 0.5) is 0 Å². The molecule has 2 heterocycles. The molecule has 2 atom stereocenters. The highest BCUT2D eigenvalue weighted by molar-refractivity contribution is 5.92. The zero-order valence-electron chi connectivity index (χ0n) is 12.9. The van der Waals surface area contributed by atoms with Crippen molar-refractivity contribution in [2.45, 2.75) is 45.3 Å². The van der Waals surface area contributed by atoms with Crippen molar-refractivity contribution in [3.05, 3.63) is 30.1 Å². The topological polar surface area (TPSA) is 90.3 Å². The summed E-state index contributed by atoms with van der Waals surface area (Å²) in [6.07, 6.45) is 5.21. The highest BCUT2D eigenvalue weighted by atomic mass is 16.6. The Balaban J connectivity index is 2.10. The van der Waals surface area contributed by atoms with E-state index in [1.807, 2.05) is 6.92 Å². The van der Waals surface area contributed by atoms with Gasteiger partial charge in [-0.3, -0.25) is 14.4 Å². The Morgan fingerprint density at radius 1 is 1.50 bits per heavy atom. The Bertz CT molecular complexity index is 614. The summed E-state index contributed by atoms with van der Waals surface area (Å²) in [6, 6.07) is 3.23. The van der Waals surface area contributed by atoms with Crippen molar-refractivity contribution in [2.75, 3.05) is 0 Å². The SMILES string of the molecule is CCC[C@H]1C[C@](C)(C(=O)C[n+]2cccc(C(N)=O)c2)OC1=O. The molecule has 1 fully saturated rings.